The van der Waals surface area contributed by atoms with Crippen LogP contribution in [0.3, 0.4) is 0 Å². The third-order valence-electron chi connectivity index (χ3n) is 6.23. The Kier molecular flexibility index (Phi) is 6.90. The summed E-state index contributed by atoms with van der Waals surface area (Å²) in [5.74, 6) is 0.857. The molecule has 3 heterocycles. The van der Waals surface area contributed by atoms with Gasteiger partial charge in [-0.3, -0.25) is 14.5 Å². The third-order valence-corrected chi connectivity index (χ3v) is 6.23. The van der Waals surface area contributed by atoms with E-state index >= 15 is 0 Å². The lowest BCUT2D eigenvalue weighted by Crippen LogP contribution is -2.69. The van der Waals surface area contributed by atoms with E-state index in [4.69, 9.17) is 4.74 Å². The van der Waals surface area contributed by atoms with Gasteiger partial charge in [0.25, 0.3) is 0 Å². The van der Waals surface area contributed by atoms with E-state index in [1.54, 1.807) is 11.0 Å². The lowest BCUT2D eigenvalue weighted by atomic mass is 9.97. The van der Waals surface area contributed by atoms with Crippen LogP contribution in [0.15, 0.2) is 67.3 Å². The van der Waals surface area contributed by atoms with Gasteiger partial charge in [-0.1, -0.05) is 62.1 Å². The first-order chi connectivity index (χ1) is 15.6. The quantitative estimate of drug-likeness (QED) is 0.672. The fourth-order valence-corrected chi connectivity index (χ4v) is 4.52. The number of carbonyl (C=O) groups excluding carboxylic acids is 2. The van der Waals surface area contributed by atoms with Gasteiger partial charge >= 0.3 is 0 Å². The molecular weight excluding hydrogens is 402 g/mol. The maximum atomic E-state index is 13.0. The molecule has 1 N–H and O–H groups in total. The molecule has 3 aliphatic rings. The molecule has 168 valence electrons. The van der Waals surface area contributed by atoms with Crippen molar-refractivity contribution < 1.29 is 14.3 Å². The average Bonchev–Trinajstić information content (AvgIpc) is 2.81. The topological polar surface area (TPSA) is 61.9 Å². The van der Waals surface area contributed by atoms with Gasteiger partial charge in [-0.05, 0) is 30.6 Å². The highest BCUT2D eigenvalue weighted by Crippen LogP contribution is 2.33. The van der Waals surface area contributed by atoms with Crippen LogP contribution in [0, 0.1) is 0 Å². The molecule has 0 aliphatic carbocycles. The van der Waals surface area contributed by atoms with Gasteiger partial charge < -0.3 is 15.0 Å². The molecule has 3 aliphatic heterocycles. The second-order valence-electron chi connectivity index (χ2n) is 8.38. The van der Waals surface area contributed by atoms with E-state index in [0.717, 1.165) is 30.8 Å². The molecule has 2 fully saturated rings. The molecule has 0 bridgehead atoms. The minimum Gasteiger partial charge on any atom is -0.486 e. The van der Waals surface area contributed by atoms with Crippen LogP contribution in [0.4, 0.5) is 0 Å². The van der Waals surface area contributed by atoms with Gasteiger partial charge in [-0.15, -0.1) is 0 Å². The molecule has 2 saturated heterocycles. The number of benzene rings is 1. The van der Waals surface area contributed by atoms with E-state index in [0.29, 0.717) is 19.5 Å². The SMILES string of the molecule is C=C/C=C\C=C\CC1NC(=O)C2CN(CC3=CC(CC)Oc4ccccc43)CCN2C1=O. The summed E-state index contributed by atoms with van der Waals surface area (Å²) in [7, 11) is 0. The molecule has 6 heteroatoms. The van der Waals surface area contributed by atoms with E-state index in [-0.39, 0.29) is 17.9 Å². The highest BCUT2D eigenvalue weighted by molar-refractivity contribution is 5.97. The Balaban J connectivity index is 1.41. The van der Waals surface area contributed by atoms with Gasteiger partial charge in [0.2, 0.25) is 11.8 Å². The number of allylic oxidation sites excluding steroid dienone is 4. The summed E-state index contributed by atoms with van der Waals surface area (Å²) >= 11 is 0. The number of rotatable bonds is 7. The standard InChI is InChI=1S/C26H31N3O3/c1-3-5-6-7-8-12-22-26(31)29-15-14-28(18-23(29)25(30)27-22)17-19-16-20(4-2)32-24-13-10-9-11-21(19)24/h3,5-11,13,16,20,22-23H,1,4,12,14-15,17-18H2,2H3,(H,27,30)/b6-5-,8-7+. The van der Waals surface area contributed by atoms with Crippen molar-refractivity contribution in [1.82, 2.24) is 15.1 Å². The lowest BCUT2D eigenvalue weighted by molar-refractivity contribution is -0.152. The van der Waals surface area contributed by atoms with Crippen LogP contribution in [0.5, 0.6) is 5.75 Å². The number of fused-ring (bicyclic) bond motifs is 2. The van der Waals surface area contributed by atoms with Crippen LogP contribution < -0.4 is 10.1 Å². The predicted octanol–water partition coefficient (Wildman–Crippen LogP) is 2.94. The molecule has 3 unspecified atom stereocenters. The van der Waals surface area contributed by atoms with E-state index in [1.807, 2.05) is 42.5 Å². The van der Waals surface area contributed by atoms with Crippen molar-refractivity contribution in [3.8, 4) is 5.75 Å². The van der Waals surface area contributed by atoms with Crippen molar-refractivity contribution in [2.24, 2.45) is 0 Å². The molecule has 1 aromatic carbocycles. The van der Waals surface area contributed by atoms with Gasteiger partial charge in [0.15, 0.2) is 0 Å². The second-order valence-corrected chi connectivity index (χ2v) is 8.38. The molecule has 3 atom stereocenters. The Morgan fingerprint density at radius 3 is 2.84 bits per heavy atom. The minimum atomic E-state index is -0.492. The van der Waals surface area contributed by atoms with Gasteiger partial charge in [-0.2, -0.15) is 0 Å². The fraction of sp³-hybridized carbons (Fsp3) is 0.385. The zero-order valence-electron chi connectivity index (χ0n) is 18.6. The molecule has 1 aromatic rings. The maximum absolute atomic E-state index is 13.0. The monoisotopic (exact) mass is 433 g/mol. The lowest BCUT2D eigenvalue weighted by Gasteiger charge is -2.45. The normalized spacial score (nSPS) is 25.8. The van der Waals surface area contributed by atoms with Crippen LogP contribution >= 0.6 is 0 Å². The summed E-state index contributed by atoms with van der Waals surface area (Å²) in [6.07, 6.45) is 12.8. The number of para-hydroxylation sites is 1. The molecule has 6 nitrogen and oxygen atoms in total. The minimum absolute atomic E-state index is 0.00766. The summed E-state index contributed by atoms with van der Waals surface area (Å²) in [6.45, 7) is 8.34. The summed E-state index contributed by atoms with van der Waals surface area (Å²) < 4.78 is 6.06. The van der Waals surface area contributed by atoms with E-state index < -0.39 is 12.1 Å². The van der Waals surface area contributed by atoms with Crippen molar-refractivity contribution in [3.63, 3.8) is 0 Å². The van der Waals surface area contributed by atoms with Crippen molar-refractivity contribution in [3.05, 3.63) is 72.9 Å². The smallest absolute Gasteiger partial charge is 0.246 e. The molecule has 0 radical (unpaired) electrons. The first-order valence-electron chi connectivity index (χ1n) is 11.3. The van der Waals surface area contributed by atoms with Crippen LogP contribution in [0.2, 0.25) is 0 Å². The predicted molar refractivity (Wildman–Crippen MR) is 126 cm³/mol. The molecule has 2 amide bonds. The Morgan fingerprint density at radius 1 is 1.19 bits per heavy atom. The number of hydrogen-bond acceptors (Lipinski definition) is 4. The Labute approximate surface area is 189 Å². The molecule has 0 aromatic heterocycles. The summed E-state index contributed by atoms with van der Waals surface area (Å²) in [5, 5.41) is 2.93. The highest BCUT2D eigenvalue weighted by atomic mass is 16.5. The molecule has 0 spiro atoms. The van der Waals surface area contributed by atoms with Crippen LogP contribution in [0.25, 0.3) is 5.57 Å². The number of ether oxygens (including phenoxy) is 1. The van der Waals surface area contributed by atoms with Crippen molar-refractivity contribution >= 4 is 17.4 Å². The van der Waals surface area contributed by atoms with Crippen LogP contribution in [-0.4, -0.2) is 66.0 Å². The molecule has 32 heavy (non-hydrogen) atoms. The van der Waals surface area contributed by atoms with E-state index in [2.05, 4.69) is 35.9 Å². The summed E-state index contributed by atoms with van der Waals surface area (Å²) in [5.41, 5.74) is 2.34. The third kappa shape index (κ3) is 4.70. The zero-order valence-corrected chi connectivity index (χ0v) is 18.6. The summed E-state index contributed by atoms with van der Waals surface area (Å²) in [4.78, 5) is 29.8. The highest BCUT2D eigenvalue weighted by Gasteiger charge is 2.43. The Morgan fingerprint density at radius 2 is 2.03 bits per heavy atom. The van der Waals surface area contributed by atoms with Crippen molar-refractivity contribution in [2.75, 3.05) is 26.2 Å². The van der Waals surface area contributed by atoms with Gasteiger partial charge in [0.1, 0.15) is 23.9 Å². The molecule has 0 saturated carbocycles. The van der Waals surface area contributed by atoms with Crippen molar-refractivity contribution in [2.45, 2.75) is 38.0 Å². The van der Waals surface area contributed by atoms with Crippen LogP contribution in [-0.2, 0) is 9.59 Å². The first kappa shape index (κ1) is 22.1. The number of carbonyl (C=O) groups is 2. The second kappa shape index (κ2) is 10.0. The number of amides is 2. The molecule has 4 rings (SSSR count). The number of piperazine rings is 2. The van der Waals surface area contributed by atoms with Crippen LogP contribution in [0.1, 0.15) is 25.3 Å². The largest absolute Gasteiger partial charge is 0.486 e. The van der Waals surface area contributed by atoms with E-state index in [1.165, 1.54) is 5.57 Å². The van der Waals surface area contributed by atoms with Gasteiger partial charge in [-0.25, -0.2) is 0 Å². The van der Waals surface area contributed by atoms with Crippen molar-refractivity contribution in [1.29, 1.82) is 0 Å². The fourth-order valence-electron chi connectivity index (χ4n) is 4.52. The summed E-state index contributed by atoms with van der Waals surface area (Å²) in [6, 6.07) is 7.19. The number of nitrogens with zero attached hydrogens (tertiary/aromatic N) is 2. The molecular formula is C26H31N3O3. The first-order valence-corrected chi connectivity index (χ1v) is 11.3. The maximum Gasteiger partial charge on any atom is 0.246 e. The Bertz CT molecular complexity index is 965. The Hall–Kier alpha value is -3.12. The average molecular weight is 434 g/mol. The van der Waals surface area contributed by atoms with Gasteiger partial charge in [0, 0.05) is 31.7 Å². The zero-order chi connectivity index (χ0) is 22.5. The van der Waals surface area contributed by atoms with E-state index in [9.17, 15) is 9.59 Å². The number of hydrogen-bond donors (Lipinski definition) is 1. The van der Waals surface area contributed by atoms with Gasteiger partial charge in [0.05, 0.1) is 0 Å². The number of nitrogens with one attached hydrogen (secondary N) is 1.